The number of likely N-dealkylation sites (N-methyl/N-ethyl adjacent to an activating group) is 1. The number of hydrogen-bond acceptors (Lipinski definition) is 4. The molecule has 4 nitrogen and oxygen atoms in total. The highest BCUT2D eigenvalue weighted by Gasteiger charge is 2.15. The van der Waals surface area contributed by atoms with Crippen LogP contribution in [0.15, 0.2) is 42.6 Å². The molecule has 0 radical (unpaired) electrons. The number of nitrogens with zero attached hydrogens (tertiary/aromatic N) is 3. The van der Waals surface area contributed by atoms with Crippen molar-refractivity contribution < 1.29 is 4.39 Å². The molecule has 1 aliphatic heterocycles. The van der Waals surface area contributed by atoms with Gasteiger partial charge in [0, 0.05) is 38.4 Å². The van der Waals surface area contributed by atoms with E-state index in [0.29, 0.717) is 0 Å². The van der Waals surface area contributed by atoms with E-state index < -0.39 is 0 Å². The number of nitrogens with one attached hydrogen (secondary N) is 1. The summed E-state index contributed by atoms with van der Waals surface area (Å²) in [6.07, 6.45) is 1.26. The second-order valence-corrected chi connectivity index (χ2v) is 6.67. The normalized spacial score (nSPS) is 17.4. The molecule has 1 atom stereocenters. The molecule has 0 unspecified atom stereocenters. The summed E-state index contributed by atoms with van der Waals surface area (Å²) in [6.45, 7) is 11.0. The first kappa shape index (κ1) is 17.8. The number of benzene rings is 1. The van der Waals surface area contributed by atoms with E-state index in [9.17, 15) is 4.39 Å². The van der Waals surface area contributed by atoms with Crippen molar-refractivity contribution in [2.75, 3.05) is 38.0 Å². The summed E-state index contributed by atoms with van der Waals surface area (Å²) in [5, 5.41) is 3.42. The lowest BCUT2D eigenvalue weighted by Crippen LogP contribution is -2.45. The van der Waals surface area contributed by atoms with Crippen LogP contribution in [-0.4, -0.2) is 47.5 Å². The zero-order chi connectivity index (χ0) is 17.6. The molecule has 1 N–H and O–H groups in total. The van der Waals surface area contributed by atoms with Crippen LogP contribution in [0.1, 0.15) is 31.1 Å². The van der Waals surface area contributed by atoms with Gasteiger partial charge in [0.05, 0.1) is 17.9 Å². The van der Waals surface area contributed by atoms with Gasteiger partial charge >= 0.3 is 0 Å². The SMILES string of the molecule is CCN1CCN(Cc2ccc(N[C@H](C)c3ccc(F)cn3)cc2)CC1. The quantitative estimate of drug-likeness (QED) is 0.870. The Morgan fingerprint density at radius 1 is 1.04 bits per heavy atom. The Labute approximate surface area is 149 Å². The summed E-state index contributed by atoms with van der Waals surface area (Å²) >= 11 is 0. The van der Waals surface area contributed by atoms with E-state index in [0.717, 1.165) is 37.6 Å². The molecule has 5 heteroatoms. The van der Waals surface area contributed by atoms with E-state index in [1.54, 1.807) is 6.07 Å². The number of pyridine rings is 1. The Kier molecular flexibility index (Phi) is 6.00. The minimum Gasteiger partial charge on any atom is -0.377 e. The molecule has 1 aromatic heterocycles. The number of anilines is 1. The molecule has 0 aliphatic carbocycles. The minimum atomic E-state index is -0.305. The van der Waals surface area contributed by atoms with Gasteiger partial charge in [0.15, 0.2) is 0 Å². The van der Waals surface area contributed by atoms with E-state index in [1.165, 1.54) is 30.9 Å². The van der Waals surface area contributed by atoms with Gasteiger partial charge < -0.3 is 10.2 Å². The van der Waals surface area contributed by atoms with E-state index >= 15 is 0 Å². The standard InChI is InChI=1S/C20H27FN4/c1-3-24-10-12-25(13-11-24)15-17-4-7-19(8-5-17)23-16(2)20-9-6-18(21)14-22-20/h4-9,14,16,23H,3,10-13,15H2,1-2H3/t16-/m1/s1. The van der Waals surface area contributed by atoms with Crippen molar-refractivity contribution in [3.8, 4) is 0 Å². The largest absolute Gasteiger partial charge is 0.377 e. The third-order valence-electron chi connectivity index (χ3n) is 4.85. The van der Waals surface area contributed by atoms with Crippen LogP contribution in [0, 0.1) is 5.82 Å². The summed E-state index contributed by atoms with van der Waals surface area (Å²) in [6, 6.07) is 11.8. The second-order valence-electron chi connectivity index (χ2n) is 6.67. The Bertz CT molecular complexity index is 648. The lowest BCUT2D eigenvalue weighted by atomic mass is 10.1. The van der Waals surface area contributed by atoms with Crippen molar-refractivity contribution >= 4 is 5.69 Å². The first-order chi connectivity index (χ1) is 12.1. The summed E-state index contributed by atoms with van der Waals surface area (Å²) in [7, 11) is 0. The van der Waals surface area contributed by atoms with Crippen molar-refractivity contribution in [2.45, 2.75) is 26.4 Å². The lowest BCUT2D eigenvalue weighted by Gasteiger charge is -2.34. The molecule has 25 heavy (non-hydrogen) atoms. The van der Waals surface area contributed by atoms with Crippen LogP contribution in [0.3, 0.4) is 0 Å². The Morgan fingerprint density at radius 3 is 2.32 bits per heavy atom. The van der Waals surface area contributed by atoms with Gasteiger partial charge in [-0.15, -0.1) is 0 Å². The van der Waals surface area contributed by atoms with Crippen molar-refractivity contribution in [1.82, 2.24) is 14.8 Å². The van der Waals surface area contributed by atoms with Crippen LogP contribution >= 0.6 is 0 Å². The van der Waals surface area contributed by atoms with Crippen LogP contribution in [0.2, 0.25) is 0 Å². The maximum absolute atomic E-state index is 13.0. The van der Waals surface area contributed by atoms with E-state index in [2.05, 4.69) is 51.3 Å². The fourth-order valence-electron chi connectivity index (χ4n) is 3.20. The Balaban J connectivity index is 1.52. The lowest BCUT2D eigenvalue weighted by molar-refractivity contribution is 0.132. The molecule has 1 saturated heterocycles. The van der Waals surface area contributed by atoms with Crippen molar-refractivity contribution in [3.05, 3.63) is 59.7 Å². The minimum absolute atomic E-state index is 0.0357. The predicted molar refractivity (Wildman–Crippen MR) is 100 cm³/mol. The van der Waals surface area contributed by atoms with Gasteiger partial charge in [-0.2, -0.15) is 0 Å². The Hall–Kier alpha value is -1.98. The molecule has 0 saturated carbocycles. The average Bonchev–Trinajstić information content (AvgIpc) is 2.64. The fraction of sp³-hybridized carbons (Fsp3) is 0.450. The van der Waals surface area contributed by atoms with Crippen LogP contribution in [0.4, 0.5) is 10.1 Å². The smallest absolute Gasteiger partial charge is 0.141 e. The highest BCUT2D eigenvalue weighted by molar-refractivity contribution is 5.46. The van der Waals surface area contributed by atoms with Crippen LogP contribution in [0.5, 0.6) is 0 Å². The summed E-state index contributed by atoms with van der Waals surface area (Å²) in [5.41, 5.74) is 3.22. The van der Waals surface area contributed by atoms with Crippen LogP contribution in [-0.2, 0) is 6.54 Å². The molecule has 3 rings (SSSR count). The van der Waals surface area contributed by atoms with Crippen molar-refractivity contribution in [2.24, 2.45) is 0 Å². The molecule has 0 bridgehead atoms. The third-order valence-corrected chi connectivity index (χ3v) is 4.85. The first-order valence-electron chi connectivity index (χ1n) is 9.05. The summed E-state index contributed by atoms with van der Waals surface area (Å²) in [4.78, 5) is 9.14. The monoisotopic (exact) mass is 342 g/mol. The molecule has 0 amide bonds. The van der Waals surface area contributed by atoms with Gasteiger partial charge in [-0.1, -0.05) is 19.1 Å². The highest BCUT2D eigenvalue weighted by Crippen LogP contribution is 2.19. The molecule has 1 aliphatic rings. The van der Waals surface area contributed by atoms with E-state index in [-0.39, 0.29) is 11.9 Å². The molecular formula is C20H27FN4. The molecule has 134 valence electrons. The Morgan fingerprint density at radius 2 is 1.72 bits per heavy atom. The highest BCUT2D eigenvalue weighted by atomic mass is 19.1. The van der Waals surface area contributed by atoms with Gasteiger partial charge in [-0.25, -0.2) is 4.39 Å². The first-order valence-corrected chi connectivity index (χ1v) is 9.05. The van der Waals surface area contributed by atoms with Crippen LogP contribution < -0.4 is 5.32 Å². The molecule has 2 aromatic rings. The molecule has 1 fully saturated rings. The predicted octanol–water partition coefficient (Wildman–Crippen LogP) is 3.53. The van der Waals surface area contributed by atoms with Crippen LogP contribution in [0.25, 0.3) is 0 Å². The number of halogens is 1. The summed E-state index contributed by atoms with van der Waals surface area (Å²) in [5.74, 6) is -0.305. The van der Waals surface area contributed by atoms with E-state index in [4.69, 9.17) is 0 Å². The fourth-order valence-corrected chi connectivity index (χ4v) is 3.20. The van der Waals surface area contributed by atoms with Gasteiger partial charge in [0.25, 0.3) is 0 Å². The van der Waals surface area contributed by atoms with Gasteiger partial charge in [0.2, 0.25) is 0 Å². The van der Waals surface area contributed by atoms with Gasteiger partial charge in [-0.05, 0) is 43.3 Å². The molecule has 1 aromatic carbocycles. The second kappa shape index (κ2) is 8.41. The van der Waals surface area contributed by atoms with Gasteiger partial charge in [-0.3, -0.25) is 9.88 Å². The topological polar surface area (TPSA) is 31.4 Å². The zero-order valence-electron chi connectivity index (χ0n) is 15.1. The van der Waals surface area contributed by atoms with Crippen molar-refractivity contribution in [1.29, 1.82) is 0 Å². The number of hydrogen-bond donors (Lipinski definition) is 1. The third kappa shape index (κ3) is 5.00. The summed E-state index contributed by atoms with van der Waals surface area (Å²) < 4.78 is 13.0. The molecule has 2 heterocycles. The maximum Gasteiger partial charge on any atom is 0.141 e. The molecule has 0 spiro atoms. The number of piperazine rings is 1. The number of aromatic nitrogens is 1. The maximum atomic E-state index is 13.0. The average molecular weight is 342 g/mol. The van der Waals surface area contributed by atoms with E-state index in [1.807, 2.05) is 6.92 Å². The molecular weight excluding hydrogens is 315 g/mol. The number of rotatable bonds is 6. The van der Waals surface area contributed by atoms with Gasteiger partial charge in [0.1, 0.15) is 5.82 Å². The van der Waals surface area contributed by atoms with Crippen molar-refractivity contribution in [3.63, 3.8) is 0 Å². The zero-order valence-corrected chi connectivity index (χ0v) is 15.1.